The minimum absolute atomic E-state index is 0.0439. The summed E-state index contributed by atoms with van der Waals surface area (Å²) in [5, 5.41) is 8.76. The summed E-state index contributed by atoms with van der Waals surface area (Å²) in [4.78, 5) is 13.4. The molecular formula is C12H15N3O. The number of rotatable bonds is 3. The van der Waals surface area contributed by atoms with Crippen molar-refractivity contribution in [2.45, 2.75) is 6.92 Å². The summed E-state index contributed by atoms with van der Waals surface area (Å²) in [7, 11) is 1.69. The first-order valence-electron chi connectivity index (χ1n) is 5.08. The van der Waals surface area contributed by atoms with Gasteiger partial charge < -0.3 is 10.6 Å². The van der Waals surface area contributed by atoms with E-state index in [1.807, 2.05) is 6.07 Å². The second kappa shape index (κ2) is 5.29. The van der Waals surface area contributed by atoms with Gasteiger partial charge in [-0.15, -0.1) is 0 Å². The predicted octanol–water partition coefficient (Wildman–Crippen LogP) is 1.12. The summed E-state index contributed by atoms with van der Waals surface area (Å²) >= 11 is 0. The van der Waals surface area contributed by atoms with Gasteiger partial charge in [0.15, 0.2) is 0 Å². The topological polar surface area (TPSA) is 70.1 Å². The molecule has 1 atom stereocenters. The number of nitriles is 1. The number of nitrogens with zero attached hydrogens (tertiary/aromatic N) is 2. The third-order valence-corrected chi connectivity index (χ3v) is 2.47. The largest absolute Gasteiger partial charge is 0.330 e. The summed E-state index contributed by atoms with van der Waals surface area (Å²) in [6.07, 6.45) is 0. The van der Waals surface area contributed by atoms with Gasteiger partial charge in [0.25, 0.3) is 0 Å². The maximum atomic E-state index is 11.8. The van der Waals surface area contributed by atoms with E-state index >= 15 is 0 Å². The van der Waals surface area contributed by atoms with Crippen molar-refractivity contribution >= 4 is 11.6 Å². The first-order valence-corrected chi connectivity index (χ1v) is 5.08. The SMILES string of the molecule is CC(CN)C(=O)N(C)c1cccc(C#N)c1. The first-order chi connectivity index (χ1) is 7.60. The molecule has 0 bridgehead atoms. The molecule has 4 nitrogen and oxygen atoms in total. The third kappa shape index (κ3) is 2.59. The molecule has 1 aromatic carbocycles. The molecule has 1 aromatic rings. The summed E-state index contributed by atoms with van der Waals surface area (Å²) in [6.45, 7) is 2.11. The van der Waals surface area contributed by atoms with Crippen LogP contribution in [0.3, 0.4) is 0 Å². The van der Waals surface area contributed by atoms with E-state index in [-0.39, 0.29) is 11.8 Å². The van der Waals surface area contributed by atoms with Crippen molar-refractivity contribution < 1.29 is 4.79 Å². The number of carbonyl (C=O) groups is 1. The van der Waals surface area contributed by atoms with Gasteiger partial charge in [-0.2, -0.15) is 5.26 Å². The van der Waals surface area contributed by atoms with Crippen molar-refractivity contribution in [1.82, 2.24) is 0 Å². The Labute approximate surface area is 95.3 Å². The third-order valence-electron chi connectivity index (χ3n) is 2.47. The molecule has 0 fully saturated rings. The fraction of sp³-hybridized carbons (Fsp3) is 0.333. The summed E-state index contributed by atoms with van der Waals surface area (Å²) in [5.41, 5.74) is 6.70. The molecule has 4 heteroatoms. The molecule has 0 saturated heterocycles. The monoisotopic (exact) mass is 217 g/mol. The number of nitrogens with two attached hydrogens (primary N) is 1. The summed E-state index contributed by atoms with van der Waals surface area (Å²) < 4.78 is 0. The summed E-state index contributed by atoms with van der Waals surface area (Å²) in [6, 6.07) is 8.97. The van der Waals surface area contributed by atoms with Crippen LogP contribution in [-0.4, -0.2) is 19.5 Å². The van der Waals surface area contributed by atoms with E-state index in [1.165, 1.54) is 4.90 Å². The van der Waals surface area contributed by atoms with Crippen LogP contribution in [-0.2, 0) is 4.79 Å². The minimum Gasteiger partial charge on any atom is -0.330 e. The van der Waals surface area contributed by atoms with E-state index in [9.17, 15) is 4.79 Å². The first kappa shape index (κ1) is 12.2. The fourth-order valence-corrected chi connectivity index (χ4v) is 1.34. The Hall–Kier alpha value is -1.86. The lowest BCUT2D eigenvalue weighted by Crippen LogP contribution is -2.35. The zero-order chi connectivity index (χ0) is 12.1. The van der Waals surface area contributed by atoms with Crippen LogP contribution in [0.2, 0.25) is 0 Å². The molecule has 1 rings (SSSR count). The number of hydrogen-bond acceptors (Lipinski definition) is 3. The van der Waals surface area contributed by atoms with Gasteiger partial charge in [0.1, 0.15) is 0 Å². The number of anilines is 1. The maximum Gasteiger partial charge on any atom is 0.230 e. The summed E-state index contributed by atoms with van der Waals surface area (Å²) in [5.74, 6) is -0.256. The standard InChI is InChI=1S/C12H15N3O/c1-9(7-13)12(16)15(2)11-5-3-4-10(6-11)8-14/h3-6,9H,7,13H2,1-2H3. The molecule has 16 heavy (non-hydrogen) atoms. The van der Waals surface area contributed by atoms with Crippen LogP contribution in [0.4, 0.5) is 5.69 Å². The Bertz CT molecular complexity index is 423. The Balaban J connectivity index is 2.92. The van der Waals surface area contributed by atoms with Crippen molar-refractivity contribution in [1.29, 1.82) is 5.26 Å². The lowest BCUT2D eigenvalue weighted by Gasteiger charge is -2.20. The second-order valence-corrected chi connectivity index (χ2v) is 3.70. The lowest BCUT2D eigenvalue weighted by atomic mass is 10.1. The average Bonchev–Trinajstić information content (AvgIpc) is 2.36. The van der Waals surface area contributed by atoms with Crippen LogP contribution in [0, 0.1) is 17.2 Å². The van der Waals surface area contributed by atoms with Crippen LogP contribution < -0.4 is 10.6 Å². The van der Waals surface area contributed by atoms with Crippen molar-refractivity contribution in [3.63, 3.8) is 0 Å². The molecule has 0 aromatic heterocycles. The van der Waals surface area contributed by atoms with E-state index in [2.05, 4.69) is 0 Å². The molecule has 0 aliphatic heterocycles. The van der Waals surface area contributed by atoms with Crippen LogP contribution >= 0.6 is 0 Å². The zero-order valence-electron chi connectivity index (χ0n) is 9.47. The predicted molar refractivity (Wildman–Crippen MR) is 62.8 cm³/mol. The Morgan fingerprint density at radius 3 is 2.88 bits per heavy atom. The van der Waals surface area contributed by atoms with Gasteiger partial charge in [-0.3, -0.25) is 4.79 Å². The zero-order valence-corrected chi connectivity index (χ0v) is 9.47. The van der Waals surface area contributed by atoms with Crippen molar-refractivity contribution in [2.24, 2.45) is 11.7 Å². The fourth-order valence-electron chi connectivity index (χ4n) is 1.34. The van der Waals surface area contributed by atoms with E-state index in [0.717, 1.165) is 0 Å². The minimum atomic E-state index is -0.212. The molecule has 0 saturated carbocycles. The van der Waals surface area contributed by atoms with Gasteiger partial charge in [0.05, 0.1) is 11.6 Å². The number of carbonyl (C=O) groups excluding carboxylic acids is 1. The molecule has 84 valence electrons. The molecule has 1 amide bonds. The van der Waals surface area contributed by atoms with Gasteiger partial charge >= 0.3 is 0 Å². The number of amides is 1. The smallest absolute Gasteiger partial charge is 0.230 e. The molecule has 0 radical (unpaired) electrons. The van der Waals surface area contributed by atoms with Crippen LogP contribution in [0.1, 0.15) is 12.5 Å². The van der Waals surface area contributed by atoms with Crippen molar-refractivity contribution in [3.05, 3.63) is 29.8 Å². The molecule has 0 aliphatic rings. The molecule has 0 aliphatic carbocycles. The van der Waals surface area contributed by atoms with Crippen LogP contribution in [0.15, 0.2) is 24.3 Å². The van der Waals surface area contributed by atoms with E-state index < -0.39 is 0 Å². The Morgan fingerprint density at radius 1 is 1.62 bits per heavy atom. The molecule has 1 unspecified atom stereocenters. The van der Waals surface area contributed by atoms with E-state index in [4.69, 9.17) is 11.0 Å². The van der Waals surface area contributed by atoms with Crippen molar-refractivity contribution in [2.75, 3.05) is 18.5 Å². The highest BCUT2D eigenvalue weighted by Crippen LogP contribution is 2.16. The normalized spacial score (nSPS) is 11.6. The van der Waals surface area contributed by atoms with Crippen molar-refractivity contribution in [3.8, 4) is 6.07 Å². The highest BCUT2D eigenvalue weighted by molar-refractivity contribution is 5.94. The lowest BCUT2D eigenvalue weighted by molar-refractivity contribution is -0.121. The maximum absolute atomic E-state index is 11.8. The highest BCUT2D eigenvalue weighted by Gasteiger charge is 2.17. The van der Waals surface area contributed by atoms with E-state index in [0.29, 0.717) is 17.8 Å². The molecule has 2 N–H and O–H groups in total. The molecule has 0 spiro atoms. The Morgan fingerprint density at radius 2 is 2.31 bits per heavy atom. The molecular weight excluding hydrogens is 202 g/mol. The number of benzene rings is 1. The Kier molecular flexibility index (Phi) is 4.03. The highest BCUT2D eigenvalue weighted by atomic mass is 16.2. The van der Waals surface area contributed by atoms with Gasteiger partial charge in [-0.25, -0.2) is 0 Å². The van der Waals surface area contributed by atoms with Gasteiger partial charge in [-0.1, -0.05) is 13.0 Å². The average molecular weight is 217 g/mol. The van der Waals surface area contributed by atoms with E-state index in [1.54, 1.807) is 38.2 Å². The quantitative estimate of drug-likeness (QED) is 0.824. The van der Waals surface area contributed by atoms with Gasteiger partial charge in [0, 0.05) is 25.2 Å². The van der Waals surface area contributed by atoms with Gasteiger partial charge in [0.2, 0.25) is 5.91 Å². The second-order valence-electron chi connectivity index (χ2n) is 3.70. The van der Waals surface area contributed by atoms with Crippen LogP contribution in [0.5, 0.6) is 0 Å². The van der Waals surface area contributed by atoms with Crippen LogP contribution in [0.25, 0.3) is 0 Å². The number of hydrogen-bond donors (Lipinski definition) is 1. The molecule has 0 heterocycles. The van der Waals surface area contributed by atoms with Gasteiger partial charge in [-0.05, 0) is 18.2 Å².